The van der Waals surface area contributed by atoms with Crippen LogP contribution in [-0.2, 0) is 16.1 Å². The smallest absolute Gasteiger partial charge is 0.248 e. The van der Waals surface area contributed by atoms with E-state index in [1.807, 2.05) is 6.07 Å². The molecule has 0 aliphatic heterocycles. The average Bonchev–Trinajstić information content (AvgIpc) is 2.45. The van der Waals surface area contributed by atoms with Crippen molar-refractivity contribution in [3.8, 4) is 0 Å². The van der Waals surface area contributed by atoms with Gasteiger partial charge in [-0.2, -0.15) is 0 Å². The maximum atomic E-state index is 11.8. The summed E-state index contributed by atoms with van der Waals surface area (Å²) in [4.78, 5) is 22.8. The van der Waals surface area contributed by atoms with Crippen molar-refractivity contribution in [3.05, 3.63) is 35.4 Å². The third-order valence-corrected chi connectivity index (χ3v) is 2.88. The van der Waals surface area contributed by atoms with Crippen molar-refractivity contribution in [1.29, 1.82) is 0 Å². The molecule has 1 aromatic rings. The van der Waals surface area contributed by atoms with Gasteiger partial charge in [-0.1, -0.05) is 12.1 Å². The molecule has 0 radical (unpaired) electrons. The summed E-state index contributed by atoms with van der Waals surface area (Å²) in [6, 6.07) is 6.26. The number of methoxy groups -OCH3 is 1. The zero-order valence-electron chi connectivity index (χ0n) is 11.6. The Bertz CT molecular complexity index is 463. The van der Waals surface area contributed by atoms with Crippen LogP contribution in [0.1, 0.15) is 28.8 Å². The van der Waals surface area contributed by atoms with E-state index in [-0.39, 0.29) is 5.91 Å². The first-order chi connectivity index (χ1) is 9.54. The number of carbonyl (C=O) groups is 2. The van der Waals surface area contributed by atoms with Crippen LogP contribution < -0.4 is 16.8 Å². The highest BCUT2D eigenvalue weighted by Gasteiger charge is 2.12. The van der Waals surface area contributed by atoms with E-state index in [2.05, 4.69) is 5.32 Å². The minimum absolute atomic E-state index is 0.217. The van der Waals surface area contributed by atoms with E-state index < -0.39 is 11.9 Å². The average molecular weight is 279 g/mol. The van der Waals surface area contributed by atoms with Gasteiger partial charge in [-0.05, 0) is 30.5 Å². The molecule has 0 spiro atoms. The van der Waals surface area contributed by atoms with Gasteiger partial charge in [0.15, 0.2) is 0 Å². The molecule has 6 heteroatoms. The molecule has 0 aliphatic carbocycles. The lowest BCUT2D eigenvalue weighted by molar-refractivity contribution is -0.122. The van der Waals surface area contributed by atoms with Gasteiger partial charge < -0.3 is 21.5 Å². The first kappa shape index (κ1) is 16.1. The van der Waals surface area contributed by atoms with Gasteiger partial charge >= 0.3 is 0 Å². The third-order valence-electron chi connectivity index (χ3n) is 2.88. The fourth-order valence-electron chi connectivity index (χ4n) is 1.73. The van der Waals surface area contributed by atoms with E-state index in [1.54, 1.807) is 25.3 Å². The topological polar surface area (TPSA) is 107 Å². The van der Waals surface area contributed by atoms with Crippen molar-refractivity contribution in [1.82, 2.24) is 5.32 Å². The molecular weight excluding hydrogens is 258 g/mol. The number of hydrogen-bond acceptors (Lipinski definition) is 4. The number of nitrogens with one attached hydrogen (secondary N) is 1. The second-order valence-corrected chi connectivity index (χ2v) is 4.52. The molecule has 0 saturated heterocycles. The Morgan fingerprint density at radius 3 is 2.80 bits per heavy atom. The lowest BCUT2D eigenvalue weighted by Gasteiger charge is -2.12. The highest BCUT2D eigenvalue weighted by Crippen LogP contribution is 2.04. The van der Waals surface area contributed by atoms with Crippen LogP contribution in [0.15, 0.2) is 24.3 Å². The maximum absolute atomic E-state index is 11.8. The van der Waals surface area contributed by atoms with Crippen LogP contribution in [0.3, 0.4) is 0 Å². The molecule has 1 unspecified atom stereocenters. The summed E-state index contributed by atoms with van der Waals surface area (Å²) < 4.78 is 4.91. The summed E-state index contributed by atoms with van der Waals surface area (Å²) >= 11 is 0. The third kappa shape index (κ3) is 5.38. The summed E-state index contributed by atoms with van der Waals surface area (Å²) in [5.41, 5.74) is 12.2. The molecular formula is C14H21N3O3. The van der Waals surface area contributed by atoms with Gasteiger partial charge in [0.25, 0.3) is 0 Å². The van der Waals surface area contributed by atoms with Crippen molar-refractivity contribution in [2.45, 2.75) is 25.4 Å². The van der Waals surface area contributed by atoms with Crippen LogP contribution in [0.4, 0.5) is 0 Å². The molecule has 0 aromatic heterocycles. The molecule has 0 fully saturated rings. The molecule has 1 rings (SSSR count). The first-order valence-corrected chi connectivity index (χ1v) is 6.45. The summed E-state index contributed by atoms with van der Waals surface area (Å²) in [5, 5.41) is 2.73. The number of hydrogen-bond donors (Lipinski definition) is 3. The minimum Gasteiger partial charge on any atom is -0.385 e. The van der Waals surface area contributed by atoms with Crippen molar-refractivity contribution in [3.63, 3.8) is 0 Å². The van der Waals surface area contributed by atoms with Crippen molar-refractivity contribution in [2.24, 2.45) is 11.5 Å². The van der Waals surface area contributed by atoms with Gasteiger partial charge in [-0.15, -0.1) is 0 Å². The quantitative estimate of drug-likeness (QED) is 0.589. The van der Waals surface area contributed by atoms with E-state index in [4.69, 9.17) is 16.2 Å². The normalized spacial score (nSPS) is 11.9. The lowest BCUT2D eigenvalue weighted by atomic mass is 10.1. The highest BCUT2D eigenvalue weighted by molar-refractivity contribution is 5.92. The first-order valence-electron chi connectivity index (χ1n) is 6.45. The molecule has 0 bridgehead atoms. The number of rotatable bonds is 8. The SMILES string of the molecule is COCCCC(N)C(=O)NCc1cccc(C(N)=O)c1. The molecule has 0 aliphatic rings. The largest absolute Gasteiger partial charge is 0.385 e. The van der Waals surface area contributed by atoms with Crippen LogP contribution in [0.2, 0.25) is 0 Å². The van der Waals surface area contributed by atoms with E-state index in [1.165, 1.54) is 0 Å². The monoisotopic (exact) mass is 279 g/mol. The second kappa shape index (κ2) is 8.29. The molecule has 1 aromatic carbocycles. The van der Waals surface area contributed by atoms with Crippen LogP contribution >= 0.6 is 0 Å². The zero-order chi connectivity index (χ0) is 15.0. The summed E-state index contributed by atoms with van der Waals surface area (Å²) in [6.45, 7) is 0.902. The highest BCUT2D eigenvalue weighted by atomic mass is 16.5. The van der Waals surface area contributed by atoms with Gasteiger partial charge in [0, 0.05) is 25.8 Å². The van der Waals surface area contributed by atoms with E-state index in [0.29, 0.717) is 25.1 Å². The van der Waals surface area contributed by atoms with Crippen LogP contribution in [-0.4, -0.2) is 31.6 Å². The van der Waals surface area contributed by atoms with E-state index >= 15 is 0 Å². The van der Waals surface area contributed by atoms with Gasteiger partial charge in [-0.3, -0.25) is 9.59 Å². The molecule has 0 saturated carbocycles. The minimum atomic E-state index is -0.551. The molecule has 6 nitrogen and oxygen atoms in total. The Balaban J connectivity index is 2.44. The second-order valence-electron chi connectivity index (χ2n) is 4.52. The Morgan fingerprint density at radius 2 is 2.15 bits per heavy atom. The Labute approximate surface area is 118 Å². The van der Waals surface area contributed by atoms with Gasteiger partial charge in [-0.25, -0.2) is 0 Å². The summed E-state index contributed by atoms with van der Waals surface area (Å²) in [6.07, 6.45) is 1.31. The summed E-state index contributed by atoms with van der Waals surface area (Å²) in [7, 11) is 1.61. The predicted octanol–water partition coefficient (Wildman–Crippen LogP) is 0.156. The van der Waals surface area contributed by atoms with E-state index in [9.17, 15) is 9.59 Å². The van der Waals surface area contributed by atoms with Crippen molar-refractivity contribution >= 4 is 11.8 Å². The van der Waals surface area contributed by atoms with Gasteiger partial charge in [0.1, 0.15) is 0 Å². The number of carbonyl (C=O) groups excluding carboxylic acids is 2. The van der Waals surface area contributed by atoms with E-state index in [0.717, 1.165) is 12.0 Å². The predicted molar refractivity (Wildman–Crippen MR) is 75.9 cm³/mol. The number of primary amides is 1. The number of amides is 2. The number of nitrogens with two attached hydrogens (primary N) is 2. The van der Waals surface area contributed by atoms with Gasteiger partial charge in [0.05, 0.1) is 6.04 Å². The van der Waals surface area contributed by atoms with Crippen LogP contribution in [0.25, 0.3) is 0 Å². The Morgan fingerprint density at radius 1 is 1.40 bits per heavy atom. The Hall–Kier alpha value is -1.92. The van der Waals surface area contributed by atoms with Crippen molar-refractivity contribution in [2.75, 3.05) is 13.7 Å². The standard InChI is InChI=1S/C14H21N3O3/c1-20-7-3-6-12(15)14(19)17-9-10-4-2-5-11(8-10)13(16)18/h2,4-5,8,12H,3,6-7,9,15H2,1H3,(H2,16,18)(H,17,19). The molecule has 1 atom stereocenters. The molecule has 2 amide bonds. The van der Waals surface area contributed by atoms with Gasteiger partial charge in [0.2, 0.25) is 11.8 Å². The van der Waals surface area contributed by atoms with Crippen LogP contribution in [0, 0.1) is 0 Å². The zero-order valence-corrected chi connectivity index (χ0v) is 11.6. The molecule has 0 heterocycles. The van der Waals surface area contributed by atoms with Crippen molar-refractivity contribution < 1.29 is 14.3 Å². The molecule has 20 heavy (non-hydrogen) atoms. The molecule has 5 N–H and O–H groups in total. The lowest BCUT2D eigenvalue weighted by Crippen LogP contribution is -2.40. The number of benzene rings is 1. The fourth-order valence-corrected chi connectivity index (χ4v) is 1.73. The fraction of sp³-hybridized carbons (Fsp3) is 0.429. The summed E-state index contributed by atoms with van der Waals surface area (Å²) in [5.74, 6) is -0.708. The maximum Gasteiger partial charge on any atom is 0.248 e. The van der Waals surface area contributed by atoms with Crippen LogP contribution in [0.5, 0.6) is 0 Å². The Kier molecular flexibility index (Phi) is 6.69. The number of ether oxygens (including phenoxy) is 1. The molecule has 110 valence electrons.